The molecule has 0 atom stereocenters. The molecule has 7 nitrogen and oxygen atoms in total. The smallest absolute Gasteiger partial charge is 0.270 e. The molecule has 2 aromatic heterocycles. The molecular formula is C15H17N5O2. The van der Waals surface area contributed by atoms with Crippen LogP contribution in [0.15, 0.2) is 16.9 Å². The van der Waals surface area contributed by atoms with Crippen LogP contribution < -0.4 is 20.5 Å². The molecule has 0 amide bonds. The van der Waals surface area contributed by atoms with E-state index in [2.05, 4.69) is 16.4 Å². The Morgan fingerprint density at radius 2 is 2.09 bits per heavy atom. The second-order valence-electron chi connectivity index (χ2n) is 5.16. The molecule has 0 bridgehead atoms. The van der Waals surface area contributed by atoms with E-state index in [9.17, 15) is 10.1 Å². The Morgan fingerprint density at radius 3 is 2.73 bits per heavy atom. The number of hydrogen-bond acceptors (Lipinski definition) is 6. The van der Waals surface area contributed by atoms with Gasteiger partial charge in [0.15, 0.2) is 0 Å². The van der Waals surface area contributed by atoms with Crippen LogP contribution in [0.1, 0.15) is 5.56 Å². The number of rotatable bonds is 2. The van der Waals surface area contributed by atoms with Gasteiger partial charge in [0, 0.05) is 39.3 Å². The lowest BCUT2D eigenvalue weighted by molar-refractivity contribution is 0.399. The maximum absolute atomic E-state index is 12.5. The van der Waals surface area contributed by atoms with Crippen molar-refractivity contribution in [2.24, 2.45) is 7.05 Å². The molecule has 0 unspecified atom stereocenters. The highest BCUT2D eigenvalue weighted by Gasteiger charge is 2.23. The fourth-order valence-corrected chi connectivity index (χ4v) is 2.79. The molecule has 0 radical (unpaired) electrons. The zero-order valence-corrected chi connectivity index (χ0v) is 12.6. The third-order valence-corrected chi connectivity index (χ3v) is 3.94. The van der Waals surface area contributed by atoms with Gasteiger partial charge in [-0.1, -0.05) is 0 Å². The Hall–Kier alpha value is -2.59. The molecule has 1 saturated heterocycles. The number of methoxy groups -OCH3 is 1. The summed E-state index contributed by atoms with van der Waals surface area (Å²) >= 11 is 0. The van der Waals surface area contributed by atoms with Crippen LogP contribution in [-0.4, -0.2) is 42.8 Å². The van der Waals surface area contributed by atoms with E-state index in [1.54, 1.807) is 26.3 Å². The molecule has 3 heterocycles. The lowest BCUT2D eigenvalue weighted by Crippen LogP contribution is -2.44. The monoisotopic (exact) mass is 299 g/mol. The van der Waals surface area contributed by atoms with Crippen LogP contribution in [0.5, 0.6) is 5.88 Å². The first-order valence-electron chi connectivity index (χ1n) is 7.11. The summed E-state index contributed by atoms with van der Waals surface area (Å²) in [4.78, 5) is 19.0. The van der Waals surface area contributed by atoms with Crippen molar-refractivity contribution in [2.45, 2.75) is 0 Å². The summed E-state index contributed by atoms with van der Waals surface area (Å²) in [6.45, 7) is 3.09. The van der Waals surface area contributed by atoms with Crippen molar-refractivity contribution >= 4 is 16.7 Å². The standard InChI is InChI=1S/C15H17N5O2/c1-19-11-3-4-12(22-2)18-13(11)14(10(9-16)15(19)21)20-7-5-17-6-8-20/h3-4,17H,5-8H2,1-2H3. The molecule has 3 rings (SSSR count). The summed E-state index contributed by atoms with van der Waals surface area (Å²) in [6, 6.07) is 5.57. The fourth-order valence-electron chi connectivity index (χ4n) is 2.79. The normalized spacial score (nSPS) is 14.9. The minimum absolute atomic E-state index is 0.137. The van der Waals surface area contributed by atoms with Gasteiger partial charge in [-0.25, -0.2) is 4.98 Å². The highest BCUT2D eigenvalue weighted by atomic mass is 16.5. The lowest BCUT2D eigenvalue weighted by atomic mass is 10.1. The summed E-state index contributed by atoms with van der Waals surface area (Å²) in [5.74, 6) is 0.464. The van der Waals surface area contributed by atoms with Crippen molar-refractivity contribution in [1.82, 2.24) is 14.9 Å². The second kappa shape index (κ2) is 5.66. The van der Waals surface area contributed by atoms with Gasteiger partial charge < -0.3 is 19.5 Å². The molecule has 0 spiro atoms. The summed E-state index contributed by atoms with van der Waals surface area (Å²) in [5, 5.41) is 12.7. The molecule has 22 heavy (non-hydrogen) atoms. The van der Waals surface area contributed by atoms with Crippen molar-refractivity contribution in [3.05, 3.63) is 28.0 Å². The number of pyridine rings is 2. The Bertz CT molecular complexity index is 815. The van der Waals surface area contributed by atoms with Crippen LogP contribution >= 0.6 is 0 Å². The first-order valence-corrected chi connectivity index (χ1v) is 7.11. The van der Waals surface area contributed by atoms with Crippen molar-refractivity contribution in [1.29, 1.82) is 5.26 Å². The van der Waals surface area contributed by atoms with E-state index < -0.39 is 0 Å². The molecule has 0 aliphatic carbocycles. The Morgan fingerprint density at radius 1 is 1.36 bits per heavy atom. The number of ether oxygens (including phenoxy) is 1. The zero-order chi connectivity index (χ0) is 15.7. The molecular weight excluding hydrogens is 282 g/mol. The van der Waals surface area contributed by atoms with Crippen LogP contribution in [0.2, 0.25) is 0 Å². The molecule has 1 fully saturated rings. The predicted octanol–water partition coefficient (Wildman–Crippen LogP) is 0.223. The summed E-state index contributed by atoms with van der Waals surface area (Å²) in [6.07, 6.45) is 0. The first kappa shape index (κ1) is 14.4. The topological polar surface area (TPSA) is 83.2 Å². The molecule has 0 saturated carbocycles. The summed E-state index contributed by atoms with van der Waals surface area (Å²) < 4.78 is 6.66. The molecule has 7 heteroatoms. The van der Waals surface area contributed by atoms with Gasteiger partial charge in [-0.3, -0.25) is 4.79 Å². The summed E-state index contributed by atoms with van der Waals surface area (Å²) in [7, 11) is 3.20. The van der Waals surface area contributed by atoms with Crippen LogP contribution in [0.25, 0.3) is 11.0 Å². The van der Waals surface area contributed by atoms with Crippen LogP contribution in [0, 0.1) is 11.3 Å². The third-order valence-electron chi connectivity index (χ3n) is 3.94. The van der Waals surface area contributed by atoms with E-state index in [1.807, 2.05) is 4.90 Å². The maximum atomic E-state index is 12.5. The number of aromatic nitrogens is 2. The van der Waals surface area contributed by atoms with Gasteiger partial charge >= 0.3 is 0 Å². The van der Waals surface area contributed by atoms with Gasteiger partial charge in [-0.15, -0.1) is 0 Å². The minimum Gasteiger partial charge on any atom is -0.481 e. The Kier molecular flexibility index (Phi) is 3.69. The van der Waals surface area contributed by atoms with E-state index >= 15 is 0 Å². The number of nitrogens with one attached hydrogen (secondary N) is 1. The summed E-state index contributed by atoms with van der Waals surface area (Å²) in [5.41, 5.74) is 1.77. The van der Waals surface area contributed by atoms with E-state index in [0.717, 1.165) is 26.2 Å². The first-order chi connectivity index (χ1) is 10.7. The molecule has 1 aliphatic heterocycles. The van der Waals surface area contributed by atoms with Crippen molar-refractivity contribution in [3.8, 4) is 11.9 Å². The number of piperazine rings is 1. The Balaban J connectivity index is 2.37. The fraction of sp³-hybridized carbons (Fsp3) is 0.400. The molecule has 114 valence electrons. The van der Waals surface area contributed by atoms with E-state index in [4.69, 9.17) is 4.74 Å². The van der Waals surface area contributed by atoms with Crippen LogP contribution in [0.4, 0.5) is 5.69 Å². The number of anilines is 1. The van der Waals surface area contributed by atoms with Crippen LogP contribution in [0.3, 0.4) is 0 Å². The molecule has 0 aromatic carbocycles. The molecule has 1 N–H and O–H groups in total. The van der Waals surface area contributed by atoms with Gasteiger partial charge in [-0.2, -0.15) is 5.26 Å². The average Bonchev–Trinajstić information content (AvgIpc) is 2.58. The van der Waals surface area contributed by atoms with Gasteiger partial charge in [0.1, 0.15) is 17.1 Å². The number of fused-ring (bicyclic) bond motifs is 1. The van der Waals surface area contributed by atoms with E-state index in [0.29, 0.717) is 22.6 Å². The average molecular weight is 299 g/mol. The zero-order valence-electron chi connectivity index (χ0n) is 12.6. The quantitative estimate of drug-likeness (QED) is 0.854. The van der Waals surface area contributed by atoms with Gasteiger partial charge in [-0.05, 0) is 6.07 Å². The Labute approximate surface area is 127 Å². The van der Waals surface area contributed by atoms with E-state index in [1.165, 1.54) is 4.57 Å². The van der Waals surface area contributed by atoms with Gasteiger partial charge in [0.25, 0.3) is 5.56 Å². The number of nitriles is 1. The molecule has 2 aromatic rings. The van der Waals surface area contributed by atoms with Gasteiger partial charge in [0.2, 0.25) is 5.88 Å². The van der Waals surface area contributed by atoms with Crippen molar-refractivity contribution in [3.63, 3.8) is 0 Å². The number of aryl methyl sites for hydroxylation is 1. The van der Waals surface area contributed by atoms with E-state index in [-0.39, 0.29) is 11.1 Å². The molecule has 1 aliphatic rings. The largest absolute Gasteiger partial charge is 0.481 e. The second-order valence-corrected chi connectivity index (χ2v) is 5.16. The van der Waals surface area contributed by atoms with Gasteiger partial charge in [0.05, 0.1) is 18.3 Å². The van der Waals surface area contributed by atoms with Crippen molar-refractivity contribution in [2.75, 3.05) is 38.2 Å². The van der Waals surface area contributed by atoms with Crippen molar-refractivity contribution < 1.29 is 4.74 Å². The maximum Gasteiger partial charge on any atom is 0.270 e. The number of nitrogens with zero attached hydrogens (tertiary/aromatic N) is 4. The number of hydrogen-bond donors (Lipinski definition) is 1. The highest BCUT2D eigenvalue weighted by molar-refractivity contribution is 5.92. The highest BCUT2D eigenvalue weighted by Crippen LogP contribution is 2.28. The lowest BCUT2D eigenvalue weighted by Gasteiger charge is -2.30. The minimum atomic E-state index is -0.296. The van der Waals surface area contributed by atoms with Crippen LogP contribution in [-0.2, 0) is 7.05 Å². The SMILES string of the molecule is COc1ccc2c(n1)c(N1CCNCC1)c(C#N)c(=O)n2C. The third kappa shape index (κ3) is 2.18. The predicted molar refractivity (Wildman–Crippen MR) is 83.3 cm³/mol.